The molecule has 2 N–H and O–H groups in total. The summed E-state index contributed by atoms with van der Waals surface area (Å²) < 4.78 is 13.6. The van der Waals surface area contributed by atoms with E-state index in [2.05, 4.69) is 5.32 Å². The van der Waals surface area contributed by atoms with Crippen LogP contribution in [0.3, 0.4) is 0 Å². The van der Waals surface area contributed by atoms with E-state index in [1.165, 1.54) is 12.1 Å². The van der Waals surface area contributed by atoms with Crippen LogP contribution in [0.1, 0.15) is 35.2 Å². The van der Waals surface area contributed by atoms with Crippen molar-refractivity contribution >= 4 is 5.91 Å². The van der Waals surface area contributed by atoms with E-state index in [1.807, 2.05) is 0 Å². The molecule has 1 aromatic rings. The first-order chi connectivity index (χ1) is 8.56. The van der Waals surface area contributed by atoms with Gasteiger partial charge in [0.05, 0.1) is 5.56 Å². The molecule has 1 aliphatic rings. The minimum atomic E-state index is -0.487. The standard InChI is InChI=1S/C14H18FNO2/c1-10-2-3-11(12(15)8-10)13(18)16-9-14(4-5-14)6-7-17/h2-3,8,17H,4-7,9H2,1H3,(H,16,18). The Morgan fingerprint density at radius 3 is 2.78 bits per heavy atom. The summed E-state index contributed by atoms with van der Waals surface area (Å²) in [6.07, 6.45) is 2.73. The highest BCUT2D eigenvalue weighted by molar-refractivity contribution is 5.94. The van der Waals surface area contributed by atoms with Crippen molar-refractivity contribution in [1.29, 1.82) is 0 Å². The predicted molar refractivity (Wildman–Crippen MR) is 66.8 cm³/mol. The van der Waals surface area contributed by atoms with Crippen molar-refractivity contribution in [3.05, 3.63) is 35.1 Å². The maximum atomic E-state index is 13.6. The first-order valence-corrected chi connectivity index (χ1v) is 6.22. The van der Waals surface area contributed by atoms with Crippen LogP contribution >= 0.6 is 0 Å². The van der Waals surface area contributed by atoms with Crippen LogP contribution in [0.25, 0.3) is 0 Å². The molecular formula is C14H18FNO2. The van der Waals surface area contributed by atoms with Gasteiger partial charge in [0.15, 0.2) is 0 Å². The maximum absolute atomic E-state index is 13.6. The van der Waals surface area contributed by atoms with Crippen LogP contribution in [0.4, 0.5) is 4.39 Å². The fourth-order valence-electron chi connectivity index (χ4n) is 2.10. The number of halogens is 1. The Bertz CT molecular complexity index is 455. The fourth-order valence-corrected chi connectivity index (χ4v) is 2.10. The van der Waals surface area contributed by atoms with Crippen molar-refractivity contribution in [2.24, 2.45) is 5.41 Å². The van der Waals surface area contributed by atoms with E-state index in [0.29, 0.717) is 13.0 Å². The molecule has 1 amide bonds. The van der Waals surface area contributed by atoms with E-state index in [-0.39, 0.29) is 23.5 Å². The van der Waals surface area contributed by atoms with Gasteiger partial charge in [0.25, 0.3) is 5.91 Å². The number of aliphatic hydroxyl groups is 1. The molecule has 0 saturated heterocycles. The average Bonchev–Trinajstić information content (AvgIpc) is 3.07. The van der Waals surface area contributed by atoms with Crippen molar-refractivity contribution in [3.8, 4) is 0 Å². The van der Waals surface area contributed by atoms with Crippen molar-refractivity contribution in [2.45, 2.75) is 26.2 Å². The summed E-state index contributed by atoms with van der Waals surface area (Å²) in [6, 6.07) is 4.58. The largest absolute Gasteiger partial charge is 0.396 e. The third-order valence-electron chi connectivity index (χ3n) is 3.59. The van der Waals surface area contributed by atoms with Gasteiger partial charge in [0, 0.05) is 13.2 Å². The lowest BCUT2D eigenvalue weighted by atomic mass is 10.0. The summed E-state index contributed by atoms with van der Waals surface area (Å²) in [5, 5.41) is 11.7. The average molecular weight is 251 g/mol. The first kappa shape index (κ1) is 13.0. The van der Waals surface area contributed by atoms with Crippen LogP contribution < -0.4 is 5.32 Å². The topological polar surface area (TPSA) is 49.3 Å². The summed E-state index contributed by atoms with van der Waals surface area (Å²) in [5.74, 6) is -0.865. The van der Waals surface area contributed by atoms with Crippen LogP contribution in [0.2, 0.25) is 0 Å². The van der Waals surface area contributed by atoms with E-state index in [1.54, 1.807) is 13.0 Å². The number of hydrogen-bond donors (Lipinski definition) is 2. The molecule has 1 saturated carbocycles. The van der Waals surface area contributed by atoms with Crippen molar-refractivity contribution in [2.75, 3.05) is 13.2 Å². The van der Waals surface area contributed by atoms with Crippen LogP contribution in [-0.2, 0) is 0 Å². The number of carbonyl (C=O) groups excluding carboxylic acids is 1. The Hall–Kier alpha value is -1.42. The molecule has 18 heavy (non-hydrogen) atoms. The summed E-state index contributed by atoms with van der Waals surface area (Å²) in [4.78, 5) is 11.8. The number of benzene rings is 1. The van der Waals surface area contributed by atoms with E-state index >= 15 is 0 Å². The van der Waals surface area contributed by atoms with Gasteiger partial charge in [0.2, 0.25) is 0 Å². The molecule has 0 heterocycles. The monoisotopic (exact) mass is 251 g/mol. The lowest BCUT2D eigenvalue weighted by Crippen LogP contribution is -2.31. The first-order valence-electron chi connectivity index (χ1n) is 6.22. The molecule has 4 heteroatoms. The predicted octanol–water partition coefficient (Wildman–Crippen LogP) is 2.03. The Balaban J connectivity index is 1.96. The molecule has 0 atom stereocenters. The second-order valence-electron chi connectivity index (χ2n) is 5.14. The molecule has 0 unspecified atom stereocenters. The normalized spacial score (nSPS) is 16.4. The molecular weight excluding hydrogens is 233 g/mol. The molecule has 2 rings (SSSR count). The van der Waals surface area contributed by atoms with Crippen molar-refractivity contribution in [1.82, 2.24) is 5.32 Å². The van der Waals surface area contributed by atoms with Gasteiger partial charge in [-0.15, -0.1) is 0 Å². The smallest absolute Gasteiger partial charge is 0.254 e. The Morgan fingerprint density at radius 1 is 1.50 bits per heavy atom. The van der Waals surface area contributed by atoms with Crippen LogP contribution in [0.5, 0.6) is 0 Å². The van der Waals surface area contributed by atoms with Gasteiger partial charge in [-0.2, -0.15) is 0 Å². The maximum Gasteiger partial charge on any atom is 0.254 e. The van der Waals surface area contributed by atoms with E-state index < -0.39 is 5.82 Å². The van der Waals surface area contributed by atoms with Crippen LogP contribution in [0, 0.1) is 18.2 Å². The molecule has 0 aromatic heterocycles. The van der Waals surface area contributed by atoms with Gasteiger partial charge in [-0.3, -0.25) is 4.79 Å². The van der Waals surface area contributed by atoms with E-state index in [9.17, 15) is 9.18 Å². The van der Waals surface area contributed by atoms with Gasteiger partial charge in [-0.1, -0.05) is 6.07 Å². The van der Waals surface area contributed by atoms with Gasteiger partial charge >= 0.3 is 0 Å². The Morgan fingerprint density at radius 2 is 2.22 bits per heavy atom. The third kappa shape index (κ3) is 2.88. The third-order valence-corrected chi connectivity index (χ3v) is 3.59. The molecule has 0 spiro atoms. The van der Waals surface area contributed by atoms with Crippen LogP contribution in [-0.4, -0.2) is 24.2 Å². The summed E-state index contributed by atoms with van der Waals surface area (Å²) in [7, 11) is 0. The van der Waals surface area contributed by atoms with Gasteiger partial charge in [0.1, 0.15) is 5.82 Å². The van der Waals surface area contributed by atoms with Gasteiger partial charge in [-0.05, 0) is 49.3 Å². The highest BCUT2D eigenvalue weighted by Gasteiger charge is 2.41. The number of amides is 1. The van der Waals surface area contributed by atoms with E-state index in [0.717, 1.165) is 18.4 Å². The molecule has 0 bridgehead atoms. The lowest BCUT2D eigenvalue weighted by Gasteiger charge is -2.14. The highest BCUT2D eigenvalue weighted by Crippen LogP contribution is 2.47. The minimum absolute atomic E-state index is 0.0472. The molecule has 0 radical (unpaired) electrons. The molecule has 98 valence electrons. The van der Waals surface area contributed by atoms with Crippen molar-refractivity contribution < 1.29 is 14.3 Å². The zero-order valence-corrected chi connectivity index (χ0v) is 10.5. The molecule has 3 nitrogen and oxygen atoms in total. The van der Waals surface area contributed by atoms with Crippen molar-refractivity contribution in [3.63, 3.8) is 0 Å². The summed E-state index contributed by atoms with van der Waals surface area (Å²) in [6.45, 7) is 2.43. The van der Waals surface area contributed by atoms with Gasteiger partial charge in [-0.25, -0.2) is 4.39 Å². The number of hydrogen-bond acceptors (Lipinski definition) is 2. The Kier molecular flexibility index (Phi) is 3.66. The zero-order chi connectivity index (χ0) is 13.2. The molecule has 1 aromatic carbocycles. The fraction of sp³-hybridized carbons (Fsp3) is 0.500. The Labute approximate surface area is 106 Å². The second kappa shape index (κ2) is 5.06. The quantitative estimate of drug-likeness (QED) is 0.841. The second-order valence-corrected chi connectivity index (χ2v) is 5.14. The molecule has 1 fully saturated rings. The summed E-state index contributed by atoms with van der Waals surface area (Å²) in [5.41, 5.74) is 0.925. The number of rotatable bonds is 5. The van der Waals surface area contributed by atoms with Gasteiger partial charge < -0.3 is 10.4 Å². The number of carbonyl (C=O) groups is 1. The molecule has 0 aliphatic heterocycles. The molecule has 1 aliphatic carbocycles. The van der Waals surface area contributed by atoms with Crippen LogP contribution in [0.15, 0.2) is 18.2 Å². The highest BCUT2D eigenvalue weighted by atomic mass is 19.1. The van der Waals surface area contributed by atoms with E-state index in [4.69, 9.17) is 5.11 Å². The minimum Gasteiger partial charge on any atom is -0.396 e. The SMILES string of the molecule is Cc1ccc(C(=O)NCC2(CCO)CC2)c(F)c1. The lowest BCUT2D eigenvalue weighted by molar-refractivity contribution is 0.0937. The zero-order valence-electron chi connectivity index (χ0n) is 10.5. The summed E-state index contributed by atoms with van der Waals surface area (Å²) >= 11 is 0. The number of nitrogens with one attached hydrogen (secondary N) is 1. The number of aryl methyl sites for hydroxylation is 1. The number of aliphatic hydroxyl groups excluding tert-OH is 1.